The second-order valence-electron chi connectivity index (χ2n) is 8.08. The SMILES string of the molecule is COC(=O)c1ccc(N2C(=O)C(Cl)=C(Nc3cccc(C(=O)Nc4cccc(C)c4C)c3)C2=O)cc1. The summed E-state index contributed by atoms with van der Waals surface area (Å²) in [7, 11) is 1.26. The Balaban J connectivity index is 1.53. The number of carbonyl (C=O) groups excluding carboxylic acids is 4. The maximum atomic E-state index is 13.1. The van der Waals surface area contributed by atoms with Crippen molar-refractivity contribution in [2.75, 3.05) is 22.6 Å². The molecule has 3 aromatic rings. The lowest BCUT2D eigenvalue weighted by molar-refractivity contribution is -0.120. The number of benzene rings is 3. The number of esters is 1. The van der Waals surface area contributed by atoms with E-state index in [1.165, 1.54) is 31.4 Å². The molecular formula is C27H22ClN3O5. The van der Waals surface area contributed by atoms with Gasteiger partial charge >= 0.3 is 5.97 Å². The van der Waals surface area contributed by atoms with E-state index in [2.05, 4.69) is 15.4 Å². The van der Waals surface area contributed by atoms with E-state index in [0.29, 0.717) is 16.9 Å². The summed E-state index contributed by atoms with van der Waals surface area (Å²) in [5, 5.41) is 5.47. The first-order valence-electron chi connectivity index (χ1n) is 10.9. The van der Waals surface area contributed by atoms with Crippen molar-refractivity contribution in [2.45, 2.75) is 13.8 Å². The van der Waals surface area contributed by atoms with Crippen LogP contribution in [0.2, 0.25) is 0 Å². The number of ether oxygens (including phenoxy) is 1. The number of carbonyl (C=O) groups is 4. The lowest BCUT2D eigenvalue weighted by atomic mass is 10.1. The van der Waals surface area contributed by atoms with Gasteiger partial charge in [-0.2, -0.15) is 0 Å². The lowest BCUT2D eigenvalue weighted by Crippen LogP contribution is -2.32. The summed E-state index contributed by atoms with van der Waals surface area (Å²) in [5.41, 5.74) is 3.87. The zero-order valence-electron chi connectivity index (χ0n) is 19.7. The Morgan fingerprint density at radius 1 is 0.889 bits per heavy atom. The van der Waals surface area contributed by atoms with Crippen LogP contribution in [0.3, 0.4) is 0 Å². The van der Waals surface area contributed by atoms with Crippen molar-refractivity contribution in [2.24, 2.45) is 0 Å². The summed E-state index contributed by atoms with van der Waals surface area (Å²) in [4.78, 5) is 51.2. The second kappa shape index (κ2) is 10.1. The average Bonchev–Trinajstić information content (AvgIpc) is 3.09. The number of hydrogen-bond acceptors (Lipinski definition) is 6. The molecule has 0 bridgehead atoms. The zero-order valence-corrected chi connectivity index (χ0v) is 20.5. The normalized spacial score (nSPS) is 13.2. The molecule has 9 heteroatoms. The third-order valence-electron chi connectivity index (χ3n) is 5.82. The molecule has 0 radical (unpaired) electrons. The Morgan fingerprint density at radius 3 is 2.28 bits per heavy atom. The van der Waals surface area contributed by atoms with Crippen LogP contribution in [-0.2, 0) is 14.3 Å². The molecule has 2 N–H and O–H groups in total. The number of aryl methyl sites for hydroxylation is 1. The number of hydrogen-bond donors (Lipinski definition) is 2. The van der Waals surface area contributed by atoms with Crippen molar-refractivity contribution in [3.63, 3.8) is 0 Å². The largest absolute Gasteiger partial charge is 0.465 e. The van der Waals surface area contributed by atoms with E-state index in [4.69, 9.17) is 11.6 Å². The first kappa shape index (κ1) is 24.7. The molecule has 0 unspecified atom stereocenters. The first-order chi connectivity index (χ1) is 17.2. The molecule has 0 atom stereocenters. The van der Waals surface area contributed by atoms with E-state index >= 15 is 0 Å². The predicted molar refractivity (Wildman–Crippen MR) is 137 cm³/mol. The Labute approximate surface area is 212 Å². The van der Waals surface area contributed by atoms with E-state index in [-0.39, 0.29) is 27.9 Å². The molecular weight excluding hydrogens is 482 g/mol. The van der Waals surface area contributed by atoms with E-state index in [1.54, 1.807) is 24.3 Å². The molecule has 36 heavy (non-hydrogen) atoms. The molecule has 0 aliphatic carbocycles. The number of rotatable bonds is 6. The van der Waals surface area contributed by atoms with Gasteiger partial charge in [0.05, 0.1) is 18.4 Å². The summed E-state index contributed by atoms with van der Waals surface area (Å²) in [6.45, 7) is 3.89. The predicted octanol–water partition coefficient (Wildman–Crippen LogP) is 4.78. The van der Waals surface area contributed by atoms with Crippen LogP contribution in [-0.4, -0.2) is 30.8 Å². The summed E-state index contributed by atoms with van der Waals surface area (Å²) < 4.78 is 4.66. The number of nitrogens with zero attached hydrogens (tertiary/aromatic N) is 1. The van der Waals surface area contributed by atoms with Crippen LogP contribution in [0.25, 0.3) is 0 Å². The second-order valence-corrected chi connectivity index (χ2v) is 8.46. The minimum absolute atomic E-state index is 0.120. The molecule has 3 aromatic carbocycles. The Hall–Kier alpha value is -4.43. The fourth-order valence-corrected chi connectivity index (χ4v) is 3.89. The molecule has 1 aliphatic heterocycles. The van der Waals surface area contributed by atoms with Gasteiger partial charge in [0.15, 0.2) is 0 Å². The Bertz CT molecular complexity index is 1430. The number of anilines is 3. The van der Waals surface area contributed by atoms with Gasteiger partial charge in [0, 0.05) is 16.9 Å². The molecule has 0 saturated carbocycles. The van der Waals surface area contributed by atoms with Gasteiger partial charge in [0.25, 0.3) is 17.7 Å². The molecule has 0 saturated heterocycles. The van der Waals surface area contributed by atoms with Gasteiger partial charge in [-0.3, -0.25) is 14.4 Å². The van der Waals surface area contributed by atoms with Crippen molar-refractivity contribution in [1.82, 2.24) is 0 Å². The first-order valence-corrected chi connectivity index (χ1v) is 11.3. The van der Waals surface area contributed by atoms with Gasteiger partial charge < -0.3 is 15.4 Å². The van der Waals surface area contributed by atoms with E-state index in [1.807, 2.05) is 32.0 Å². The molecule has 0 aromatic heterocycles. The maximum Gasteiger partial charge on any atom is 0.337 e. The topological polar surface area (TPSA) is 105 Å². The van der Waals surface area contributed by atoms with Gasteiger partial charge in [0.2, 0.25) is 0 Å². The van der Waals surface area contributed by atoms with Crippen molar-refractivity contribution >= 4 is 52.4 Å². The molecule has 182 valence electrons. The van der Waals surface area contributed by atoms with Crippen LogP contribution in [0.5, 0.6) is 0 Å². The quantitative estimate of drug-likeness (QED) is 0.370. The highest BCUT2D eigenvalue weighted by molar-refractivity contribution is 6.53. The van der Waals surface area contributed by atoms with Gasteiger partial charge in [-0.25, -0.2) is 9.69 Å². The molecule has 0 fully saturated rings. The third kappa shape index (κ3) is 4.71. The van der Waals surface area contributed by atoms with Crippen molar-refractivity contribution < 1.29 is 23.9 Å². The number of nitrogens with one attached hydrogen (secondary N) is 2. The third-order valence-corrected chi connectivity index (χ3v) is 6.17. The Kier molecular flexibility index (Phi) is 6.89. The smallest absolute Gasteiger partial charge is 0.337 e. The van der Waals surface area contributed by atoms with Gasteiger partial charge in [-0.1, -0.05) is 29.8 Å². The highest BCUT2D eigenvalue weighted by atomic mass is 35.5. The van der Waals surface area contributed by atoms with Crippen molar-refractivity contribution in [1.29, 1.82) is 0 Å². The fraction of sp³-hybridized carbons (Fsp3) is 0.111. The minimum Gasteiger partial charge on any atom is -0.465 e. The van der Waals surface area contributed by atoms with Crippen LogP contribution < -0.4 is 15.5 Å². The highest BCUT2D eigenvalue weighted by Gasteiger charge is 2.39. The van der Waals surface area contributed by atoms with Gasteiger partial charge in [-0.05, 0) is 73.5 Å². The summed E-state index contributed by atoms with van der Waals surface area (Å²) in [5.74, 6) is -2.24. The monoisotopic (exact) mass is 503 g/mol. The van der Waals surface area contributed by atoms with E-state index in [0.717, 1.165) is 16.0 Å². The molecule has 1 aliphatic rings. The van der Waals surface area contributed by atoms with E-state index < -0.39 is 17.8 Å². The number of imide groups is 1. The fourth-order valence-electron chi connectivity index (χ4n) is 3.67. The van der Waals surface area contributed by atoms with Crippen LogP contribution in [0.1, 0.15) is 31.8 Å². The summed E-state index contributed by atoms with van der Waals surface area (Å²) in [6, 6.07) is 17.9. The molecule has 4 rings (SSSR count). The van der Waals surface area contributed by atoms with Crippen LogP contribution in [0.15, 0.2) is 77.5 Å². The number of methoxy groups -OCH3 is 1. The molecule has 1 heterocycles. The number of halogens is 1. The van der Waals surface area contributed by atoms with Crippen LogP contribution in [0.4, 0.5) is 17.1 Å². The highest BCUT2D eigenvalue weighted by Crippen LogP contribution is 2.30. The minimum atomic E-state index is -0.709. The summed E-state index contributed by atoms with van der Waals surface area (Å²) >= 11 is 6.22. The van der Waals surface area contributed by atoms with E-state index in [9.17, 15) is 19.2 Å². The van der Waals surface area contributed by atoms with Crippen LogP contribution in [0, 0.1) is 13.8 Å². The molecule has 8 nitrogen and oxygen atoms in total. The number of amides is 3. The average molecular weight is 504 g/mol. The summed E-state index contributed by atoms with van der Waals surface area (Å²) in [6.07, 6.45) is 0. The van der Waals surface area contributed by atoms with Gasteiger partial charge in [0.1, 0.15) is 10.7 Å². The standard InChI is InChI=1S/C27H22ClN3O5/c1-15-6-4-9-21(16(15)2)30-24(32)18-7-5-8-19(14-18)29-23-22(28)25(33)31(26(23)34)20-12-10-17(11-13-20)27(35)36-3/h4-14,29H,1-3H3,(H,30,32). The Morgan fingerprint density at radius 2 is 1.58 bits per heavy atom. The van der Waals surface area contributed by atoms with Crippen molar-refractivity contribution in [3.05, 3.63) is 99.7 Å². The lowest BCUT2D eigenvalue weighted by Gasteiger charge is -2.15. The molecule has 3 amide bonds. The molecule has 0 spiro atoms. The zero-order chi connectivity index (χ0) is 26.0. The van der Waals surface area contributed by atoms with Gasteiger partial charge in [-0.15, -0.1) is 0 Å². The van der Waals surface area contributed by atoms with Crippen molar-refractivity contribution in [3.8, 4) is 0 Å². The maximum absolute atomic E-state index is 13.1. The van der Waals surface area contributed by atoms with Crippen LogP contribution >= 0.6 is 11.6 Å².